The molecule has 0 aliphatic carbocycles. The summed E-state index contributed by atoms with van der Waals surface area (Å²) in [7, 11) is 5.53. The predicted octanol–water partition coefficient (Wildman–Crippen LogP) is -7.31. The number of likely N-dealkylation sites (tertiary alicyclic amines) is 2. The Morgan fingerprint density at radius 2 is 1.56 bits per heavy atom. The molecular weight excluding hydrogens is 542 g/mol. The van der Waals surface area contributed by atoms with Crippen LogP contribution >= 0.6 is 23.2 Å². The third kappa shape index (κ3) is 6.71. The summed E-state index contributed by atoms with van der Waals surface area (Å²) in [5.74, 6) is -2.23. The zero-order chi connectivity index (χ0) is 17.6. The molecule has 0 aromatic carbocycles. The molecule has 4 rings (SSSR count). The topological polar surface area (TPSA) is 80.3 Å². The number of methoxy groups -OCH3 is 1. The van der Waals surface area contributed by atoms with E-state index in [0.717, 1.165) is 6.54 Å². The Morgan fingerprint density at radius 1 is 1.00 bits per heavy atom. The van der Waals surface area contributed by atoms with Crippen molar-refractivity contribution in [1.82, 2.24) is 9.80 Å². The third-order valence-electron chi connectivity index (χ3n) is 5.33. The van der Waals surface area contributed by atoms with E-state index in [9.17, 15) is 10.2 Å². The molecule has 0 saturated carbocycles. The van der Waals surface area contributed by atoms with E-state index in [2.05, 4.69) is 11.9 Å². The SMILES string of the molecule is C.CN1C[C@@H](Cl)[C@H]2OCC([O-])([O-])[C@H]21.COC1CO[C@@H]2[C@H](Cl)CN(C)[C@H]12.[Rb+].[Rb+]. The molecule has 4 aliphatic heterocycles. The van der Waals surface area contributed by atoms with E-state index in [1.54, 1.807) is 19.1 Å². The van der Waals surface area contributed by atoms with E-state index in [1.165, 1.54) is 0 Å². The van der Waals surface area contributed by atoms with E-state index in [0.29, 0.717) is 19.2 Å². The molecule has 0 N–H and O–H groups in total. The Bertz CT molecular complexity index is 469. The first-order valence-electron chi connectivity index (χ1n) is 8.11. The van der Waals surface area contributed by atoms with Gasteiger partial charge in [0.1, 0.15) is 0 Å². The van der Waals surface area contributed by atoms with Crippen molar-refractivity contribution in [2.24, 2.45) is 0 Å². The van der Waals surface area contributed by atoms with Crippen LogP contribution in [0.3, 0.4) is 0 Å². The summed E-state index contributed by atoms with van der Waals surface area (Å²) in [4.78, 5) is 3.93. The van der Waals surface area contributed by atoms with Crippen molar-refractivity contribution in [3.8, 4) is 0 Å². The van der Waals surface area contributed by atoms with Gasteiger partial charge in [-0.1, -0.05) is 7.43 Å². The Balaban J connectivity index is 0.000000451. The van der Waals surface area contributed by atoms with Gasteiger partial charge in [0.2, 0.25) is 0 Å². The molecular formula is C16H28Cl2N2O5Rb2. The summed E-state index contributed by atoms with van der Waals surface area (Å²) in [5.41, 5.74) is 0. The van der Waals surface area contributed by atoms with Gasteiger partial charge in [0.15, 0.2) is 0 Å². The Hall–Kier alpha value is 3.91. The van der Waals surface area contributed by atoms with Crippen LogP contribution in [0.5, 0.6) is 0 Å². The van der Waals surface area contributed by atoms with Crippen LogP contribution in [-0.2, 0) is 14.2 Å². The summed E-state index contributed by atoms with van der Waals surface area (Å²) in [5, 5.41) is 22.5. The van der Waals surface area contributed by atoms with Crippen LogP contribution in [0.15, 0.2) is 0 Å². The van der Waals surface area contributed by atoms with Crippen molar-refractivity contribution in [1.29, 1.82) is 0 Å². The maximum Gasteiger partial charge on any atom is 1.00 e. The minimum atomic E-state index is -2.23. The monoisotopic (exact) mass is 568 g/mol. The van der Waals surface area contributed by atoms with Crippen molar-refractivity contribution >= 4 is 23.2 Å². The molecule has 0 spiro atoms. The molecule has 4 fully saturated rings. The zero-order valence-electron chi connectivity index (χ0n) is 16.1. The molecule has 4 saturated heterocycles. The standard InChI is InChI=1S/C8H14ClNO2.C7H10ClNO3.CH4.2Rb/c1-10-3-5(9)8-7(10)6(11-2)4-12-8;1-9-2-4(8)5-6(9)7(10,11)3-12-5;;;/h5-8H,3-4H2,1-2H3;4-6H,2-3H2,1H3;1H4;;/q;-2;;2*+1/t5-,6?,7-,8-;4-,5-,6+;;;/m11.../s1. The fourth-order valence-corrected chi connectivity index (χ4v) is 5.06. The smallest absolute Gasteiger partial charge is 0.860 e. The molecule has 7 atom stereocenters. The quantitative estimate of drug-likeness (QED) is 0.229. The average Bonchev–Trinajstić information content (AvgIpc) is 3.20. The molecule has 7 nitrogen and oxygen atoms in total. The van der Waals surface area contributed by atoms with Gasteiger partial charge < -0.3 is 29.3 Å². The van der Waals surface area contributed by atoms with Crippen LogP contribution in [-0.4, -0.2) is 104 Å². The van der Waals surface area contributed by atoms with Crippen LogP contribution < -0.4 is 127 Å². The van der Waals surface area contributed by atoms with E-state index in [-0.39, 0.29) is 159 Å². The molecule has 0 aromatic heterocycles. The number of hydrogen-bond donors (Lipinski definition) is 0. The second kappa shape index (κ2) is 13.0. The van der Waals surface area contributed by atoms with Crippen molar-refractivity contribution < 1.29 is 141 Å². The van der Waals surface area contributed by atoms with Crippen LogP contribution in [0.4, 0.5) is 0 Å². The van der Waals surface area contributed by atoms with Gasteiger partial charge >= 0.3 is 116 Å². The zero-order valence-corrected chi connectivity index (χ0v) is 27.4. The maximum atomic E-state index is 11.3. The number of likely N-dealkylation sites (N-methyl/N-ethyl adjacent to an activating group) is 2. The number of fused-ring (bicyclic) bond motifs is 2. The first-order valence-corrected chi connectivity index (χ1v) is 8.99. The summed E-state index contributed by atoms with van der Waals surface area (Å²) in [6, 6.07) is -0.238. The summed E-state index contributed by atoms with van der Waals surface area (Å²) >= 11 is 12.0. The van der Waals surface area contributed by atoms with Gasteiger partial charge in [-0.2, -0.15) is 5.79 Å². The molecule has 0 amide bonds. The van der Waals surface area contributed by atoms with Crippen molar-refractivity contribution in [2.45, 2.75) is 54.4 Å². The van der Waals surface area contributed by atoms with Crippen LogP contribution in [0.25, 0.3) is 0 Å². The van der Waals surface area contributed by atoms with Gasteiger partial charge in [0.05, 0.1) is 41.7 Å². The maximum absolute atomic E-state index is 11.3. The van der Waals surface area contributed by atoms with E-state index < -0.39 is 11.8 Å². The molecule has 27 heavy (non-hydrogen) atoms. The molecule has 1 unspecified atom stereocenters. The molecule has 0 aromatic rings. The molecule has 0 bridgehead atoms. The van der Waals surface area contributed by atoms with E-state index in [4.69, 9.17) is 37.4 Å². The third-order valence-corrected chi connectivity index (χ3v) is 6.11. The molecule has 4 heterocycles. The number of hydrogen-bond acceptors (Lipinski definition) is 7. The van der Waals surface area contributed by atoms with Gasteiger partial charge in [0.25, 0.3) is 0 Å². The molecule has 4 aliphatic rings. The molecule has 148 valence electrons. The Morgan fingerprint density at radius 3 is 2.11 bits per heavy atom. The van der Waals surface area contributed by atoms with Gasteiger partial charge in [-0.3, -0.25) is 4.90 Å². The largest absolute Gasteiger partial charge is 1.00 e. The number of alkyl halides is 2. The van der Waals surface area contributed by atoms with Crippen molar-refractivity contribution in [2.75, 3.05) is 47.5 Å². The second-order valence-corrected chi connectivity index (χ2v) is 8.13. The Labute approximate surface area is 270 Å². The minimum Gasteiger partial charge on any atom is -0.860 e. The number of rotatable bonds is 1. The van der Waals surface area contributed by atoms with E-state index in [1.807, 2.05) is 0 Å². The second-order valence-electron chi connectivity index (χ2n) is 7.01. The summed E-state index contributed by atoms with van der Waals surface area (Å²) < 4.78 is 16.0. The van der Waals surface area contributed by atoms with Gasteiger partial charge in [0, 0.05) is 32.8 Å². The van der Waals surface area contributed by atoms with Gasteiger partial charge in [-0.05, 0) is 14.1 Å². The van der Waals surface area contributed by atoms with Gasteiger partial charge in [-0.15, -0.1) is 23.2 Å². The normalized spacial score (nSPS) is 42.1. The fourth-order valence-electron chi connectivity index (χ4n) is 4.20. The number of ether oxygens (including phenoxy) is 3. The van der Waals surface area contributed by atoms with Crippen molar-refractivity contribution in [3.63, 3.8) is 0 Å². The van der Waals surface area contributed by atoms with Crippen LogP contribution in [0, 0.1) is 0 Å². The number of halogens is 2. The fraction of sp³-hybridized carbons (Fsp3) is 1.00. The van der Waals surface area contributed by atoms with E-state index >= 15 is 0 Å². The average molecular weight is 570 g/mol. The molecule has 11 heteroatoms. The van der Waals surface area contributed by atoms with Crippen LogP contribution in [0.1, 0.15) is 7.43 Å². The Kier molecular flexibility index (Phi) is 14.8. The first-order chi connectivity index (χ1) is 11.3. The minimum absolute atomic E-state index is 0. The number of nitrogens with zero attached hydrogens (tertiary/aromatic N) is 2. The van der Waals surface area contributed by atoms with Gasteiger partial charge in [-0.25, -0.2) is 0 Å². The predicted molar refractivity (Wildman–Crippen MR) is 91.9 cm³/mol. The van der Waals surface area contributed by atoms with Crippen LogP contribution in [0.2, 0.25) is 0 Å². The summed E-state index contributed by atoms with van der Waals surface area (Å²) in [6.07, 6.45) is -0.00275. The first kappa shape index (κ1) is 30.9. The van der Waals surface area contributed by atoms with Crippen molar-refractivity contribution in [3.05, 3.63) is 0 Å². The summed E-state index contributed by atoms with van der Waals surface area (Å²) in [6.45, 7) is 1.87. The molecule has 0 radical (unpaired) electrons.